The average molecular weight is 359 g/mol. The van der Waals surface area contributed by atoms with Gasteiger partial charge >= 0.3 is 0 Å². The molecule has 2 aromatic carbocycles. The number of ether oxygens (including phenoxy) is 1. The van der Waals surface area contributed by atoms with Gasteiger partial charge in [-0.25, -0.2) is 0 Å². The van der Waals surface area contributed by atoms with Gasteiger partial charge in [-0.3, -0.25) is 4.79 Å². The number of halogens is 1. The first-order valence-corrected chi connectivity index (χ1v) is 8.47. The Morgan fingerprint density at radius 3 is 2.55 bits per heavy atom. The predicted octanol–water partition coefficient (Wildman–Crippen LogP) is 4.98. The molecule has 0 aromatic heterocycles. The number of hydrogen-bond donors (Lipinski definition) is 0. The molecule has 114 valence electrons. The molecule has 0 unspecified atom stereocenters. The van der Waals surface area contributed by atoms with Gasteiger partial charge in [0.15, 0.2) is 5.78 Å². The van der Waals surface area contributed by atoms with E-state index < -0.39 is 0 Å². The molecule has 0 N–H and O–H groups in total. The molecule has 0 aliphatic carbocycles. The van der Waals surface area contributed by atoms with Gasteiger partial charge in [0.1, 0.15) is 0 Å². The normalized spacial score (nSPS) is 21.5. The van der Waals surface area contributed by atoms with Gasteiger partial charge in [0.2, 0.25) is 0 Å². The summed E-state index contributed by atoms with van der Waals surface area (Å²) < 4.78 is 6.80. The van der Waals surface area contributed by atoms with E-state index in [0.717, 1.165) is 29.5 Å². The van der Waals surface area contributed by atoms with Gasteiger partial charge < -0.3 is 4.74 Å². The standard InChI is InChI=1S/C19H19BrO2/c20-17-8-6-15(7-9-17)19(21)13-18-12-16(10-11-22-18)14-4-2-1-3-5-14/h1-9,16,18H,10-13H2/t16-,18+/m1/s1. The lowest BCUT2D eigenvalue weighted by atomic mass is 9.87. The maximum Gasteiger partial charge on any atom is 0.165 e. The minimum atomic E-state index is 0.0232. The van der Waals surface area contributed by atoms with Crippen LogP contribution in [0.2, 0.25) is 0 Å². The Kier molecular flexibility index (Phi) is 5.06. The number of rotatable bonds is 4. The molecule has 3 heteroatoms. The van der Waals surface area contributed by atoms with E-state index in [4.69, 9.17) is 4.74 Å². The smallest absolute Gasteiger partial charge is 0.165 e. The monoisotopic (exact) mass is 358 g/mol. The maximum absolute atomic E-state index is 12.4. The van der Waals surface area contributed by atoms with E-state index in [0.29, 0.717) is 12.3 Å². The van der Waals surface area contributed by atoms with Crippen molar-refractivity contribution in [2.75, 3.05) is 6.61 Å². The van der Waals surface area contributed by atoms with Crippen LogP contribution in [0.25, 0.3) is 0 Å². The molecule has 1 aliphatic rings. The molecule has 3 rings (SSSR count). The molecule has 2 nitrogen and oxygen atoms in total. The molecule has 1 fully saturated rings. The topological polar surface area (TPSA) is 26.3 Å². The lowest BCUT2D eigenvalue weighted by Gasteiger charge is -2.29. The second-order valence-electron chi connectivity index (χ2n) is 5.76. The van der Waals surface area contributed by atoms with E-state index in [2.05, 4.69) is 40.2 Å². The first-order valence-electron chi connectivity index (χ1n) is 7.67. The fourth-order valence-corrected chi connectivity index (χ4v) is 3.28. The number of benzene rings is 2. The summed E-state index contributed by atoms with van der Waals surface area (Å²) in [5, 5.41) is 0. The molecule has 0 saturated carbocycles. The summed E-state index contributed by atoms with van der Waals surface area (Å²) in [6.45, 7) is 0.734. The number of carbonyl (C=O) groups is 1. The highest BCUT2D eigenvalue weighted by Gasteiger charge is 2.25. The van der Waals surface area contributed by atoms with E-state index in [1.165, 1.54) is 5.56 Å². The zero-order valence-electron chi connectivity index (χ0n) is 12.4. The SMILES string of the molecule is O=C(C[C@@H]1C[C@H](c2ccccc2)CCO1)c1ccc(Br)cc1. The third kappa shape index (κ3) is 3.84. The zero-order chi connectivity index (χ0) is 15.4. The summed E-state index contributed by atoms with van der Waals surface area (Å²) in [6, 6.07) is 18.1. The van der Waals surface area contributed by atoms with Crippen molar-refractivity contribution in [3.05, 3.63) is 70.2 Å². The van der Waals surface area contributed by atoms with E-state index in [9.17, 15) is 4.79 Å². The third-order valence-corrected chi connectivity index (χ3v) is 4.75. The lowest BCUT2D eigenvalue weighted by Crippen LogP contribution is -2.27. The van der Waals surface area contributed by atoms with Crippen LogP contribution < -0.4 is 0 Å². The molecular formula is C19H19BrO2. The minimum Gasteiger partial charge on any atom is -0.378 e. The first kappa shape index (κ1) is 15.4. The van der Waals surface area contributed by atoms with Crippen LogP contribution in [0.15, 0.2) is 59.1 Å². The zero-order valence-corrected chi connectivity index (χ0v) is 14.0. The van der Waals surface area contributed by atoms with Crippen molar-refractivity contribution in [2.45, 2.75) is 31.3 Å². The van der Waals surface area contributed by atoms with Crippen LogP contribution in [-0.4, -0.2) is 18.5 Å². The largest absolute Gasteiger partial charge is 0.378 e. The molecule has 1 saturated heterocycles. The summed E-state index contributed by atoms with van der Waals surface area (Å²) in [5.41, 5.74) is 2.11. The molecule has 0 amide bonds. The Morgan fingerprint density at radius 2 is 1.82 bits per heavy atom. The van der Waals surface area contributed by atoms with Crippen LogP contribution in [0.4, 0.5) is 0 Å². The quantitative estimate of drug-likeness (QED) is 0.720. The maximum atomic E-state index is 12.4. The van der Waals surface area contributed by atoms with Crippen LogP contribution in [0.1, 0.15) is 41.1 Å². The summed E-state index contributed by atoms with van der Waals surface area (Å²) in [7, 11) is 0. The Morgan fingerprint density at radius 1 is 1.09 bits per heavy atom. The van der Waals surface area contributed by atoms with Crippen molar-refractivity contribution in [3.63, 3.8) is 0 Å². The Bertz CT molecular complexity index is 622. The fraction of sp³-hybridized carbons (Fsp3) is 0.316. The Balaban J connectivity index is 1.63. The average Bonchev–Trinajstić information content (AvgIpc) is 2.56. The van der Waals surface area contributed by atoms with Crippen molar-refractivity contribution in [3.8, 4) is 0 Å². The first-order chi connectivity index (χ1) is 10.7. The predicted molar refractivity (Wildman–Crippen MR) is 91.2 cm³/mol. The second kappa shape index (κ2) is 7.21. The molecule has 0 radical (unpaired) electrons. The van der Waals surface area contributed by atoms with Crippen LogP contribution in [0.5, 0.6) is 0 Å². The highest BCUT2D eigenvalue weighted by molar-refractivity contribution is 9.10. The lowest BCUT2D eigenvalue weighted by molar-refractivity contribution is 0.00426. The number of Topliss-reactive ketones (excluding diaryl/α,β-unsaturated/α-hetero) is 1. The highest BCUT2D eigenvalue weighted by atomic mass is 79.9. The van der Waals surface area contributed by atoms with Crippen molar-refractivity contribution >= 4 is 21.7 Å². The third-order valence-electron chi connectivity index (χ3n) is 4.22. The molecule has 2 atom stereocenters. The van der Waals surface area contributed by atoms with Crippen molar-refractivity contribution in [1.29, 1.82) is 0 Å². The van der Waals surface area contributed by atoms with Gasteiger partial charge in [0.05, 0.1) is 6.10 Å². The molecular weight excluding hydrogens is 340 g/mol. The molecule has 1 aliphatic heterocycles. The van der Waals surface area contributed by atoms with Crippen LogP contribution >= 0.6 is 15.9 Å². The van der Waals surface area contributed by atoms with E-state index in [1.54, 1.807) is 0 Å². The van der Waals surface area contributed by atoms with Gasteiger partial charge in [0.25, 0.3) is 0 Å². The molecule has 0 bridgehead atoms. The Labute approximate surface area is 139 Å². The minimum absolute atomic E-state index is 0.0232. The van der Waals surface area contributed by atoms with E-state index in [1.807, 2.05) is 30.3 Å². The van der Waals surface area contributed by atoms with Gasteiger partial charge in [-0.05, 0) is 36.5 Å². The molecule has 2 aromatic rings. The van der Waals surface area contributed by atoms with Gasteiger partial charge in [-0.1, -0.05) is 58.4 Å². The van der Waals surface area contributed by atoms with Crippen LogP contribution in [0, 0.1) is 0 Å². The van der Waals surface area contributed by atoms with Crippen molar-refractivity contribution < 1.29 is 9.53 Å². The molecule has 22 heavy (non-hydrogen) atoms. The summed E-state index contributed by atoms with van der Waals surface area (Å²) >= 11 is 3.39. The number of ketones is 1. The molecule has 0 spiro atoms. The number of hydrogen-bond acceptors (Lipinski definition) is 2. The van der Waals surface area contributed by atoms with Crippen molar-refractivity contribution in [2.24, 2.45) is 0 Å². The van der Waals surface area contributed by atoms with Gasteiger partial charge in [-0.2, -0.15) is 0 Å². The van der Waals surface area contributed by atoms with Gasteiger partial charge in [0, 0.05) is 23.1 Å². The fourth-order valence-electron chi connectivity index (χ4n) is 3.01. The van der Waals surface area contributed by atoms with Crippen LogP contribution in [-0.2, 0) is 4.74 Å². The summed E-state index contributed by atoms with van der Waals surface area (Å²) in [6.07, 6.45) is 2.44. The number of carbonyl (C=O) groups excluding carboxylic acids is 1. The molecule has 1 heterocycles. The summed E-state index contributed by atoms with van der Waals surface area (Å²) in [4.78, 5) is 12.4. The van der Waals surface area contributed by atoms with Gasteiger partial charge in [-0.15, -0.1) is 0 Å². The highest BCUT2D eigenvalue weighted by Crippen LogP contribution is 2.31. The van der Waals surface area contributed by atoms with Crippen molar-refractivity contribution in [1.82, 2.24) is 0 Å². The van der Waals surface area contributed by atoms with Crippen LogP contribution in [0.3, 0.4) is 0 Å². The van der Waals surface area contributed by atoms with E-state index >= 15 is 0 Å². The summed E-state index contributed by atoms with van der Waals surface area (Å²) in [5.74, 6) is 0.656. The van der Waals surface area contributed by atoms with E-state index in [-0.39, 0.29) is 11.9 Å². The second-order valence-corrected chi connectivity index (χ2v) is 6.67. The Hall–Kier alpha value is -1.45.